The fraction of sp³-hybridized carbons (Fsp3) is 0.643. The van der Waals surface area contributed by atoms with E-state index < -0.39 is 11.5 Å². The number of aromatic nitrogens is 2. The number of ether oxygens (including phenoxy) is 1. The first kappa shape index (κ1) is 14.1. The maximum Gasteiger partial charge on any atom is 0.353 e. The molecular formula is C14H19N3O4. The first-order valence-corrected chi connectivity index (χ1v) is 7.22. The van der Waals surface area contributed by atoms with Gasteiger partial charge >= 0.3 is 5.97 Å². The van der Waals surface area contributed by atoms with E-state index in [9.17, 15) is 9.59 Å². The number of imidazole rings is 1. The van der Waals surface area contributed by atoms with E-state index in [1.54, 1.807) is 0 Å². The standard InChI is InChI=1S/C14H19N3O4/c1-8-5-9(7-21-8)11(18)17-14(3-2-4-14)13-15-6-10(16-13)12(19)20/h6,8-9H,2-5,7H2,1H3,(H,15,16)(H,17,18)(H,19,20). The summed E-state index contributed by atoms with van der Waals surface area (Å²) in [7, 11) is 0. The first-order valence-electron chi connectivity index (χ1n) is 7.22. The predicted molar refractivity (Wildman–Crippen MR) is 72.7 cm³/mol. The molecule has 1 saturated carbocycles. The number of rotatable bonds is 4. The van der Waals surface area contributed by atoms with Crippen molar-refractivity contribution in [3.8, 4) is 0 Å². The lowest BCUT2D eigenvalue weighted by molar-refractivity contribution is -0.128. The van der Waals surface area contributed by atoms with Gasteiger partial charge in [0.1, 0.15) is 11.5 Å². The van der Waals surface area contributed by atoms with Crippen molar-refractivity contribution in [1.82, 2.24) is 15.3 Å². The lowest BCUT2D eigenvalue weighted by Gasteiger charge is -2.41. The second kappa shape index (κ2) is 5.14. The molecule has 1 aromatic rings. The minimum atomic E-state index is -1.05. The third-order valence-electron chi connectivity index (χ3n) is 4.40. The second-order valence-corrected chi connectivity index (χ2v) is 5.95. The fourth-order valence-corrected chi connectivity index (χ4v) is 2.96. The van der Waals surface area contributed by atoms with Gasteiger partial charge in [-0.15, -0.1) is 0 Å². The van der Waals surface area contributed by atoms with Crippen molar-refractivity contribution in [2.24, 2.45) is 5.92 Å². The Hall–Kier alpha value is -1.89. The number of nitrogens with one attached hydrogen (secondary N) is 2. The van der Waals surface area contributed by atoms with Crippen LogP contribution in [0.15, 0.2) is 6.20 Å². The summed E-state index contributed by atoms with van der Waals surface area (Å²) < 4.78 is 5.43. The number of carbonyl (C=O) groups is 2. The van der Waals surface area contributed by atoms with E-state index in [0.29, 0.717) is 12.4 Å². The Morgan fingerprint density at radius 3 is 2.76 bits per heavy atom. The monoisotopic (exact) mass is 293 g/mol. The van der Waals surface area contributed by atoms with Crippen molar-refractivity contribution in [2.75, 3.05) is 6.61 Å². The average Bonchev–Trinajstić information content (AvgIpc) is 3.02. The Morgan fingerprint density at radius 2 is 2.29 bits per heavy atom. The van der Waals surface area contributed by atoms with E-state index in [0.717, 1.165) is 25.7 Å². The van der Waals surface area contributed by atoms with Crippen molar-refractivity contribution in [3.05, 3.63) is 17.7 Å². The van der Waals surface area contributed by atoms with Gasteiger partial charge < -0.3 is 20.1 Å². The molecule has 1 saturated heterocycles. The van der Waals surface area contributed by atoms with E-state index in [1.807, 2.05) is 6.92 Å². The lowest BCUT2D eigenvalue weighted by Crippen LogP contribution is -2.53. The van der Waals surface area contributed by atoms with Gasteiger partial charge in [0.15, 0.2) is 0 Å². The minimum absolute atomic E-state index is 0.0349. The number of aromatic carboxylic acids is 1. The zero-order valence-electron chi connectivity index (χ0n) is 11.9. The topological polar surface area (TPSA) is 104 Å². The number of carboxylic acids is 1. The van der Waals surface area contributed by atoms with Crippen LogP contribution in [0, 0.1) is 5.92 Å². The van der Waals surface area contributed by atoms with Crippen LogP contribution in [0.3, 0.4) is 0 Å². The highest BCUT2D eigenvalue weighted by Gasteiger charge is 2.44. The van der Waals surface area contributed by atoms with Crippen LogP contribution in [0.25, 0.3) is 0 Å². The Labute approximate surface area is 122 Å². The third-order valence-corrected chi connectivity index (χ3v) is 4.40. The van der Waals surface area contributed by atoms with E-state index in [2.05, 4.69) is 15.3 Å². The Morgan fingerprint density at radius 1 is 1.52 bits per heavy atom. The number of aromatic amines is 1. The van der Waals surface area contributed by atoms with Crippen LogP contribution in [-0.2, 0) is 15.1 Å². The first-order chi connectivity index (χ1) is 10.00. The Balaban J connectivity index is 1.74. The van der Waals surface area contributed by atoms with E-state index in [1.165, 1.54) is 6.20 Å². The summed E-state index contributed by atoms with van der Waals surface area (Å²) in [5.41, 5.74) is -0.500. The normalized spacial score (nSPS) is 27.1. The summed E-state index contributed by atoms with van der Waals surface area (Å²) in [6.07, 6.45) is 4.66. The summed E-state index contributed by atoms with van der Waals surface area (Å²) in [5.74, 6) is -0.683. The van der Waals surface area contributed by atoms with Crippen LogP contribution in [0.1, 0.15) is 48.9 Å². The molecule has 2 heterocycles. The zero-order valence-corrected chi connectivity index (χ0v) is 11.9. The summed E-state index contributed by atoms with van der Waals surface area (Å²) in [6.45, 7) is 2.40. The molecule has 0 spiro atoms. The molecular weight excluding hydrogens is 274 g/mol. The van der Waals surface area contributed by atoms with Crippen LogP contribution < -0.4 is 5.32 Å². The summed E-state index contributed by atoms with van der Waals surface area (Å²) in [5, 5.41) is 12.0. The molecule has 2 aliphatic rings. The van der Waals surface area contributed by atoms with Crippen molar-refractivity contribution in [3.63, 3.8) is 0 Å². The fourth-order valence-electron chi connectivity index (χ4n) is 2.96. The van der Waals surface area contributed by atoms with E-state index >= 15 is 0 Å². The van der Waals surface area contributed by atoms with Gasteiger partial charge in [-0.1, -0.05) is 0 Å². The molecule has 114 valence electrons. The Kier molecular flexibility index (Phi) is 3.44. The quantitative estimate of drug-likeness (QED) is 0.769. The number of nitrogens with zero attached hydrogens (tertiary/aromatic N) is 1. The van der Waals surface area contributed by atoms with Crippen LogP contribution in [0.2, 0.25) is 0 Å². The molecule has 0 bridgehead atoms. The minimum Gasteiger partial charge on any atom is -0.477 e. The highest BCUT2D eigenvalue weighted by Crippen LogP contribution is 2.40. The number of carbonyl (C=O) groups excluding carboxylic acids is 1. The largest absolute Gasteiger partial charge is 0.477 e. The maximum absolute atomic E-state index is 12.4. The average molecular weight is 293 g/mol. The molecule has 2 fully saturated rings. The number of amides is 1. The summed E-state index contributed by atoms with van der Waals surface area (Å²) in [4.78, 5) is 30.3. The predicted octanol–water partition coefficient (Wildman–Crippen LogP) is 1.03. The van der Waals surface area contributed by atoms with Gasteiger partial charge in [-0.05, 0) is 32.6 Å². The molecule has 7 heteroatoms. The molecule has 2 unspecified atom stereocenters. The molecule has 2 atom stereocenters. The van der Waals surface area contributed by atoms with Crippen molar-refractivity contribution in [1.29, 1.82) is 0 Å². The van der Waals surface area contributed by atoms with Crippen LogP contribution in [0.5, 0.6) is 0 Å². The Bertz CT molecular complexity index is 564. The molecule has 1 aliphatic carbocycles. The SMILES string of the molecule is CC1CC(C(=O)NC2(c3ncc(C(=O)O)[nH]3)CCC2)CO1. The number of hydrogen-bond acceptors (Lipinski definition) is 4. The van der Waals surface area contributed by atoms with Gasteiger partial charge in [-0.2, -0.15) is 0 Å². The van der Waals surface area contributed by atoms with Gasteiger partial charge in [0.25, 0.3) is 0 Å². The van der Waals surface area contributed by atoms with Crippen molar-refractivity contribution in [2.45, 2.75) is 44.2 Å². The highest BCUT2D eigenvalue weighted by molar-refractivity contribution is 5.85. The molecule has 21 heavy (non-hydrogen) atoms. The molecule has 7 nitrogen and oxygen atoms in total. The highest BCUT2D eigenvalue weighted by atomic mass is 16.5. The van der Waals surface area contributed by atoms with Crippen LogP contribution in [0.4, 0.5) is 0 Å². The molecule has 3 N–H and O–H groups in total. The zero-order chi connectivity index (χ0) is 15.0. The number of hydrogen-bond donors (Lipinski definition) is 3. The van der Waals surface area contributed by atoms with Gasteiger partial charge in [0.05, 0.1) is 30.4 Å². The van der Waals surface area contributed by atoms with E-state index in [-0.39, 0.29) is 23.6 Å². The van der Waals surface area contributed by atoms with Crippen molar-refractivity contribution < 1.29 is 19.4 Å². The smallest absolute Gasteiger partial charge is 0.353 e. The third kappa shape index (κ3) is 2.53. The summed E-state index contributed by atoms with van der Waals surface area (Å²) in [6, 6.07) is 0. The van der Waals surface area contributed by atoms with Crippen LogP contribution in [-0.4, -0.2) is 39.7 Å². The lowest BCUT2D eigenvalue weighted by atomic mass is 9.75. The maximum atomic E-state index is 12.4. The number of carboxylic acid groups (broad SMARTS) is 1. The van der Waals surface area contributed by atoms with Crippen molar-refractivity contribution >= 4 is 11.9 Å². The summed E-state index contributed by atoms with van der Waals surface area (Å²) >= 11 is 0. The molecule has 1 amide bonds. The molecule has 1 aromatic heterocycles. The molecule has 3 rings (SSSR count). The molecule has 1 aliphatic heterocycles. The second-order valence-electron chi connectivity index (χ2n) is 5.95. The van der Waals surface area contributed by atoms with Gasteiger partial charge in [-0.3, -0.25) is 4.79 Å². The van der Waals surface area contributed by atoms with Gasteiger partial charge in [0, 0.05) is 0 Å². The molecule has 0 radical (unpaired) electrons. The van der Waals surface area contributed by atoms with Gasteiger partial charge in [0.2, 0.25) is 5.91 Å². The van der Waals surface area contributed by atoms with Crippen LogP contribution >= 0.6 is 0 Å². The van der Waals surface area contributed by atoms with E-state index in [4.69, 9.17) is 9.84 Å². The molecule has 0 aromatic carbocycles. The van der Waals surface area contributed by atoms with Gasteiger partial charge in [-0.25, -0.2) is 9.78 Å². The number of H-pyrrole nitrogens is 1.